The van der Waals surface area contributed by atoms with Crippen LogP contribution in [-0.2, 0) is 4.74 Å². The van der Waals surface area contributed by atoms with Crippen molar-refractivity contribution in [3.63, 3.8) is 0 Å². The van der Waals surface area contributed by atoms with Crippen molar-refractivity contribution < 1.29 is 4.74 Å². The van der Waals surface area contributed by atoms with E-state index in [-0.39, 0.29) is 5.54 Å². The molecule has 3 heteroatoms. The van der Waals surface area contributed by atoms with E-state index in [1.54, 1.807) is 7.11 Å². The maximum absolute atomic E-state index is 6.09. The molecule has 0 bridgehead atoms. The SMILES string of the molecule is CCN(C(C)COC)C(CC)(CN)C1CC1. The normalized spacial score (nSPS) is 22.1. The van der Waals surface area contributed by atoms with Crippen LogP contribution in [0.25, 0.3) is 0 Å². The van der Waals surface area contributed by atoms with Crippen molar-refractivity contribution in [2.75, 3.05) is 26.8 Å². The smallest absolute Gasteiger partial charge is 0.0615 e. The average molecular weight is 228 g/mol. The van der Waals surface area contributed by atoms with E-state index >= 15 is 0 Å². The molecule has 0 saturated heterocycles. The van der Waals surface area contributed by atoms with Gasteiger partial charge in [0.2, 0.25) is 0 Å². The van der Waals surface area contributed by atoms with E-state index in [9.17, 15) is 0 Å². The Morgan fingerprint density at radius 2 is 2.06 bits per heavy atom. The number of nitrogens with zero attached hydrogens (tertiary/aromatic N) is 1. The number of ether oxygens (including phenoxy) is 1. The molecule has 2 unspecified atom stereocenters. The van der Waals surface area contributed by atoms with Crippen molar-refractivity contribution in [1.29, 1.82) is 0 Å². The van der Waals surface area contributed by atoms with E-state index in [1.807, 2.05) is 0 Å². The second-order valence-electron chi connectivity index (χ2n) is 5.03. The van der Waals surface area contributed by atoms with Crippen LogP contribution in [0.4, 0.5) is 0 Å². The lowest BCUT2D eigenvalue weighted by atomic mass is 9.86. The molecule has 1 fully saturated rings. The summed E-state index contributed by atoms with van der Waals surface area (Å²) < 4.78 is 5.29. The molecule has 3 nitrogen and oxygen atoms in total. The van der Waals surface area contributed by atoms with Crippen molar-refractivity contribution >= 4 is 0 Å². The van der Waals surface area contributed by atoms with Crippen LogP contribution in [0.5, 0.6) is 0 Å². The zero-order valence-electron chi connectivity index (χ0n) is 11.3. The van der Waals surface area contributed by atoms with E-state index in [1.165, 1.54) is 12.8 Å². The van der Waals surface area contributed by atoms with Crippen LogP contribution in [0.1, 0.15) is 40.0 Å². The van der Waals surface area contributed by atoms with Gasteiger partial charge in [0, 0.05) is 25.2 Å². The Morgan fingerprint density at radius 3 is 2.38 bits per heavy atom. The Bertz CT molecular complexity index is 200. The summed E-state index contributed by atoms with van der Waals surface area (Å²) in [6, 6.07) is 0.457. The van der Waals surface area contributed by atoms with Gasteiger partial charge >= 0.3 is 0 Å². The Labute approximate surface area is 100 Å². The summed E-state index contributed by atoms with van der Waals surface area (Å²) >= 11 is 0. The lowest BCUT2D eigenvalue weighted by Gasteiger charge is -2.46. The fraction of sp³-hybridized carbons (Fsp3) is 1.00. The van der Waals surface area contributed by atoms with E-state index < -0.39 is 0 Å². The molecule has 96 valence electrons. The summed E-state index contributed by atoms with van der Waals surface area (Å²) in [5, 5.41) is 0. The minimum absolute atomic E-state index is 0.215. The molecular formula is C13H28N2O. The number of methoxy groups -OCH3 is 1. The van der Waals surface area contributed by atoms with Crippen LogP contribution < -0.4 is 5.73 Å². The minimum atomic E-state index is 0.215. The summed E-state index contributed by atoms with van der Waals surface area (Å²) in [5.74, 6) is 0.807. The van der Waals surface area contributed by atoms with E-state index in [4.69, 9.17) is 10.5 Å². The molecule has 1 rings (SSSR count). The second kappa shape index (κ2) is 5.99. The van der Waals surface area contributed by atoms with E-state index in [2.05, 4.69) is 25.7 Å². The largest absolute Gasteiger partial charge is 0.383 e. The van der Waals surface area contributed by atoms with Gasteiger partial charge in [0.15, 0.2) is 0 Å². The first-order chi connectivity index (χ1) is 7.66. The molecular weight excluding hydrogens is 200 g/mol. The molecule has 0 aromatic rings. The summed E-state index contributed by atoms with van der Waals surface area (Å²) in [7, 11) is 1.78. The van der Waals surface area contributed by atoms with Crippen LogP contribution in [-0.4, -0.2) is 43.3 Å². The van der Waals surface area contributed by atoms with Crippen molar-refractivity contribution in [2.45, 2.75) is 51.6 Å². The molecule has 0 aromatic carbocycles. The quantitative estimate of drug-likeness (QED) is 0.689. The first-order valence-corrected chi connectivity index (χ1v) is 6.62. The number of hydrogen-bond acceptors (Lipinski definition) is 3. The maximum Gasteiger partial charge on any atom is 0.0615 e. The molecule has 0 radical (unpaired) electrons. The maximum atomic E-state index is 6.09. The van der Waals surface area contributed by atoms with Gasteiger partial charge in [0.25, 0.3) is 0 Å². The second-order valence-corrected chi connectivity index (χ2v) is 5.03. The van der Waals surface area contributed by atoms with Gasteiger partial charge in [-0.3, -0.25) is 4.90 Å². The van der Waals surface area contributed by atoms with Crippen molar-refractivity contribution in [1.82, 2.24) is 4.90 Å². The van der Waals surface area contributed by atoms with Gasteiger partial charge in [-0.25, -0.2) is 0 Å². The first-order valence-electron chi connectivity index (χ1n) is 6.62. The number of hydrogen-bond donors (Lipinski definition) is 1. The Balaban J connectivity index is 2.79. The third-order valence-electron chi connectivity index (χ3n) is 4.16. The highest BCUT2D eigenvalue weighted by atomic mass is 16.5. The Hall–Kier alpha value is -0.120. The lowest BCUT2D eigenvalue weighted by molar-refractivity contribution is 0.00458. The molecule has 16 heavy (non-hydrogen) atoms. The molecule has 0 aliphatic heterocycles. The summed E-state index contributed by atoms with van der Waals surface area (Å²) in [5.41, 5.74) is 6.30. The van der Waals surface area contributed by atoms with Gasteiger partial charge in [0.1, 0.15) is 0 Å². The van der Waals surface area contributed by atoms with Gasteiger partial charge in [-0.15, -0.1) is 0 Å². The van der Waals surface area contributed by atoms with Gasteiger partial charge in [-0.2, -0.15) is 0 Å². The van der Waals surface area contributed by atoms with Crippen LogP contribution >= 0.6 is 0 Å². The zero-order chi connectivity index (χ0) is 12.2. The molecule has 0 amide bonds. The molecule has 2 N–H and O–H groups in total. The van der Waals surface area contributed by atoms with Crippen molar-refractivity contribution in [3.05, 3.63) is 0 Å². The highest BCUT2D eigenvalue weighted by Crippen LogP contribution is 2.45. The van der Waals surface area contributed by atoms with Gasteiger partial charge in [-0.05, 0) is 38.6 Å². The number of nitrogens with two attached hydrogens (primary N) is 1. The van der Waals surface area contributed by atoms with Crippen LogP contribution in [0.2, 0.25) is 0 Å². The standard InChI is InChI=1S/C13H28N2O/c1-5-13(10-14,12-7-8-12)15(6-2)11(3)9-16-4/h11-12H,5-10,14H2,1-4H3. The van der Waals surface area contributed by atoms with Crippen LogP contribution in [0.15, 0.2) is 0 Å². The third kappa shape index (κ3) is 2.58. The minimum Gasteiger partial charge on any atom is -0.383 e. The lowest BCUT2D eigenvalue weighted by Crippen LogP contribution is -2.59. The molecule has 1 aliphatic carbocycles. The number of rotatable bonds is 8. The average Bonchev–Trinajstić information content (AvgIpc) is 3.10. The number of likely N-dealkylation sites (N-methyl/N-ethyl adjacent to an activating group) is 1. The Kier molecular flexibility index (Phi) is 5.22. The molecule has 0 heterocycles. The zero-order valence-corrected chi connectivity index (χ0v) is 11.3. The van der Waals surface area contributed by atoms with Crippen molar-refractivity contribution in [2.24, 2.45) is 11.7 Å². The molecule has 0 spiro atoms. The molecule has 1 aliphatic rings. The van der Waals surface area contributed by atoms with Crippen LogP contribution in [0.3, 0.4) is 0 Å². The van der Waals surface area contributed by atoms with Gasteiger partial charge in [-0.1, -0.05) is 13.8 Å². The fourth-order valence-electron chi connectivity index (χ4n) is 3.17. The topological polar surface area (TPSA) is 38.5 Å². The molecule has 1 saturated carbocycles. The highest BCUT2D eigenvalue weighted by Gasteiger charge is 2.47. The Morgan fingerprint density at radius 1 is 1.44 bits per heavy atom. The predicted octanol–water partition coefficient (Wildman–Crippen LogP) is 1.86. The molecule has 2 atom stereocenters. The van der Waals surface area contributed by atoms with Crippen molar-refractivity contribution in [3.8, 4) is 0 Å². The third-order valence-corrected chi connectivity index (χ3v) is 4.16. The van der Waals surface area contributed by atoms with Crippen LogP contribution in [0, 0.1) is 5.92 Å². The summed E-state index contributed by atoms with van der Waals surface area (Å²) in [6.07, 6.45) is 3.85. The summed E-state index contributed by atoms with van der Waals surface area (Å²) in [6.45, 7) is 9.38. The highest BCUT2D eigenvalue weighted by molar-refractivity contribution is 5.03. The predicted molar refractivity (Wildman–Crippen MR) is 68.5 cm³/mol. The fourth-order valence-corrected chi connectivity index (χ4v) is 3.17. The first kappa shape index (κ1) is 13.9. The van der Waals surface area contributed by atoms with Gasteiger partial charge in [0.05, 0.1) is 6.61 Å². The monoisotopic (exact) mass is 228 g/mol. The van der Waals surface area contributed by atoms with Gasteiger partial charge < -0.3 is 10.5 Å². The van der Waals surface area contributed by atoms with E-state index in [0.717, 1.165) is 32.0 Å². The molecule has 0 aromatic heterocycles. The summed E-state index contributed by atoms with van der Waals surface area (Å²) in [4.78, 5) is 2.56. The van der Waals surface area contributed by atoms with E-state index in [0.29, 0.717) is 6.04 Å².